The smallest absolute Gasteiger partial charge is 0.253 e. The van der Waals surface area contributed by atoms with Crippen LogP contribution < -0.4 is 4.90 Å². The topological polar surface area (TPSA) is 73.4 Å². The quantitative estimate of drug-likeness (QED) is 0.867. The van der Waals surface area contributed by atoms with Crippen LogP contribution in [-0.2, 0) is 0 Å². The third-order valence-electron chi connectivity index (χ3n) is 4.53. The average molecular weight is 322 g/mol. The molecule has 0 radical (unpaired) electrons. The summed E-state index contributed by atoms with van der Waals surface area (Å²) in [6.07, 6.45) is 2.17. The number of amides is 1. The highest BCUT2D eigenvalue weighted by molar-refractivity contribution is 5.94. The average Bonchev–Trinajstić information content (AvgIpc) is 3.41. The zero-order chi connectivity index (χ0) is 16.5. The standard InChI is InChI=1S/C18H18N4O2/c19-12-15-18(24-16(20-15)13-6-7-13)22-10-8-21(9-11-22)17(23)14-4-2-1-3-5-14/h1-5,13H,6-11H2. The van der Waals surface area contributed by atoms with Crippen LogP contribution >= 0.6 is 0 Å². The van der Waals surface area contributed by atoms with Gasteiger partial charge in [-0.2, -0.15) is 5.26 Å². The first-order valence-corrected chi connectivity index (χ1v) is 8.26. The predicted molar refractivity (Wildman–Crippen MR) is 87.8 cm³/mol. The highest BCUT2D eigenvalue weighted by Gasteiger charge is 2.32. The van der Waals surface area contributed by atoms with Crippen molar-refractivity contribution in [3.05, 3.63) is 47.5 Å². The van der Waals surface area contributed by atoms with Crippen molar-refractivity contribution < 1.29 is 9.21 Å². The second-order valence-corrected chi connectivity index (χ2v) is 6.24. The lowest BCUT2D eigenvalue weighted by molar-refractivity contribution is 0.0745. The molecule has 0 spiro atoms. The maximum Gasteiger partial charge on any atom is 0.253 e. The molecule has 122 valence electrons. The monoisotopic (exact) mass is 322 g/mol. The maximum absolute atomic E-state index is 12.5. The summed E-state index contributed by atoms with van der Waals surface area (Å²) >= 11 is 0. The van der Waals surface area contributed by atoms with Crippen molar-refractivity contribution in [1.29, 1.82) is 5.26 Å². The maximum atomic E-state index is 12.5. The molecule has 6 heteroatoms. The van der Waals surface area contributed by atoms with E-state index in [0.717, 1.165) is 12.8 Å². The Labute approximate surface area is 140 Å². The molecule has 6 nitrogen and oxygen atoms in total. The molecule has 2 aliphatic rings. The first-order valence-electron chi connectivity index (χ1n) is 8.26. The number of piperazine rings is 1. The number of anilines is 1. The van der Waals surface area contributed by atoms with E-state index < -0.39 is 0 Å². The van der Waals surface area contributed by atoms with Gasteiger partial charge in [0, 0.05) is 37.7 Å². The molecular weight excluding hydrogens is 304 g/mol. The Morgan fingerprint density at radius 3 is 2.50 bits per heavy atom. The number of hydrogen-bond donors (Lipinski definition) is 0. The molecule has 4 rings (SSSR count). The Morgan fingerprint density at radius 2 is 1.88 bits per heavy atom. The number of oxazole rings is 1. The molecule has 1 aliphatic heterocycles. The molecular formula is C18H18N4O2. The van der Waals surface area contributed by atoms with E-state index in [1.54, 1.807) is 0 Å². The van der Waals surface area contributed by atoms with Gasteiger partial charge in [0.15, 0.2) is 0 Å². The minimum atomic E-state index is 0.0481. The highest BCUT2D eigenvalue weighted by Crippen LogP contribution is 2.41. The van der Waals surface area contributed by atoms with E-state index in [-0.39, 0.29) is 5.91 Å². The number of nitrogens with zero attached hydrogens (tertiary/aromatic N) is 4. The van der Waals surface area contributed by atoms with Gasteiger partial charge in [-0.05, 0) is 25.0 Å². The molecule has 1 aromatic carbocycles. The van der Waals surface area contributed by atoms with Crippen LogP contribution in [0.4, 0.5) is 5.88 Å². The van der Waals surface area contributed by atoms with Crippen molar-refractivity contribution in [2.75, 3.05) is 31.1 Å². The number of hydrogen-bond acceptors (Lipinski definition) is 5. The molecule has 1 saturated heterocycles. The van der Waals surface area contributed by atoms with Crippen LogP contribution in [0.15, 0.2) is 34.7 Å². The second kappa shape index (κ2) is 6.00. The van der Waals surface area contributed by atoms with Gasteiger partial charge in [0.05, 0.1) is 0 Å². The van der Waals surface area contributed by atoms with Gasteiger partial charge in [-0.25, -0.2) is 4.98 Å². The highest BCUT2D eigenvalue weighted by atomic mass is 16.4. The van der Waals surface area contributed by atoms with Gasteiger partial charge in [-0.3, -0.25) is 4.79 Å². The van der Waals surface area contributed by atoms with Crippen molar-refractivity contribution in [3.8, 4) is 6.07 Å². The van der Waals surface area contributed by atoms with E-state index in [1.807, 2.05) is 40.1 Å². The number of carbonyl (C=O) groups excluding carboxylic acids is 1. The Balaban J connectivity index is 1.45. The summed E-state index contributed by atoms with van der Waals surface area (Å²) in [5.41, 5.74) is 1.07. The van der Waals surface area contributed by atoms with E-state index in [0.29, 0.717) is 55.1 Å². The number of rotatable bonds is 3. The van der Waals surface area contributed by atoms with Gasteiger partial charge in [0.25, 0.3) is 5.91 Å². The van der Waals surface area contributed by atoms with Gasteiger partial charge in [-0.15, -0.1) is 0 Å². The van der Waals surface area contributed by atoms with Crippen LogP contribution in [0, 0.1) is 11.3 Å². The molecule has 2 fully saturated rings. The Kier molecular flexibility index (Phi) is 3.69. The molecule has 1 amide bonds. The molecule has 1 aromatic heterocycles. The second-order valence-electron chi connectivity index (χ2n) is 6.24. The summed E-state index contributed by atoms with van der Waals surface area (Å²) in [7, 11) is 0. The fourth-order valence-electron chi connectivity index (χ4n) is 3.00. The molecule has 24 heavy (non-hydrogen) atoms. The van der Waals surface area contributed by atoms with Crippen LogP contribution in [0.25, 0.3) is 0 Å². The lowest BCUT2D eigenvalue weighted by atomic mass is 10.2. The largest absolute Gasteiger partial charge is 0.423 e. The van der Waals surface area contributed by atoms with Crippen LogP contribution in [-0.4, -0.2) is 42.0 Å². The first kappa shape index (κ1) is 14.8. The Bertz CT molecular complexity index is 781. The molecule has 0 unspecified atom stereocenters. The molecule has 0 N–H and O–H groups in total. The lowest BCUT2D eigenvalue weighted by Gasteiger charge is -2.34. The van der Waals surface area contributed by atoms with Crippen LogP contribution in [0.2, 0.25) is 0 Å². The van der Waals surface area contributed by atoms with Gasteiger partial charge in [0.2, 0.25) is 17.5 Å². The third kappa shape index (κ3) is 2.73. The zero-order valence-corrected chi connectivity index (χ0v) is 13.3. The third-order valence-corrected chi connectivity index (χ3v) is 4.53. The van der Waals surface area contributed by atoms with E-state index in [4.69, 9.17) is 4.42 Å². The number of aromatic nitrogens is 1. The SMILES string of the molecule is N#Cc1nc(C2CC2)oc1N1CCN(C(=O)c2ccccc2)CC1. The summed E-state index contributed by atoms with van der Waals surface area (Å²) in [5, 5.41) is 9.29. The van der Waals surface area contributed by atoms with Gasteiger partial charge >= 0.3 is 0 Å². The van der Waals surface area contributed by atoms with Gasteiger partial charge in [-0.1, -0.05) is 18.2 Å². The van der Waals surface area contributed by atoms with Crippen molar-refractivity contribution in [2.24, 2.45) is 0 Å². The fourth-order valence-corrected chi connectivity index (χ4v) is 3.00. The predicted octanol–water partition coefficient (Wildman–Crippen LogP) is 2.39. The van der Waals surface area contributed by atoms with Crippen molar-refractivity contribution in [3.63, 3.8) is 0 Å². The molecule has 1 saturated carbocycles. The van der Waals surface area contributed by atoms with Crippen LogP contribution in [0.3, 0.4) is 0 Å². The van der Waals surface area contributed by atoms with E-state index in [1.165, 1.54) is 0 Å². The molecule has 0 atom stereocenters. The van der Waals surface area contributed by atoms with Crippen molar-refractivity contribution in [2.45, 2.75) is 18.8 Å². The number of benzene rings is 1. The molecule has 1 aliphatic carbocycles. The van der Waals surface area contributed by atoms with Crippen LogP contribution in [0.1, 0.15) is 40.7 Å². The number of carbonyl (C=O) groups is 1. The lowest BCUT2D eigenvalue weighted by Crippen LogP contribution is -2.48. The summed E-state index contributed by atoms with van der Waals surface area (Å²) in [4.78, 5) is 20.7. The first-order chi connectivity index (χ1) is 11.8. The van der Waals surface area contributed by atoms with E-state index in [2.05, 4.69) is 11.1 Å². The van der Waals surface area contributed by atoms with Crippen LogP contribution in [0.5, 0.6) is 0 Å². The van der Waals surface area contributed by atoms with Gasteiger partial charge in [0.1, 0.15) is 6.07 Å². The molecule has 0 bridgehead atoms. The Hall–Kier alpha value is -2.81. The summed E-state index contributed by atoms with van der Waals surface area (Å²) in [6.45, 7) is 2.51. The normalized spacial score (nSPS) is 17.6. The molecule has 2 aromatic rings. The van der Waals surface area contributed by atoms with E-state index >= 15 is 0 Å². The Morgan fingerprint density at radius 1 is 1.17 bits per heavy atom. The fraction of sp³-hybridized carbons (Fsp3) is 0.389. The van der Waals surface area contributed by atoms with E-state index in [9.17, 15) is 10.1 Å². The summed E-state index contributed by atoms with van der Waals surface area (Å²) < 4.78 is 5.84. The minimum Gasteiger partial charge on any atom is -0.423 e. The minimum absolute atomic E-state index is 0.0481. The number of nitriles is 1. The zero-order valence-electron chi connectivity index (χ0n) is 13.3. The summed E-state index contributed by atoms with van der Waals surface area (Å²) in [5.74, 6) is 1.68. The van der Waals surface area contributed by atoms with Crippen molar-refractivity contribution >= 4 is 11.8 Å². The van der Waals surface area contributed by atoms with Crippen molar-refractivity contribution in [1.82, 2.24) is 9.88 Å². The molecule has 2 heterocycles. The van der Waals surface area contributed by atoms with Gasteiger partial charge < -0.3 is 14.2 Å². The summed E-state index contributed by atoms with van der Waals surface area (Å²) in [6, 6.07) is 11.4.